The Labute approximate surface area is 144 Å². The van der Waals surface area contributed by atoms with Crippen LogP contribution >= 0.6 is 0 Å². The SMILES string of the molecule is CC(=O)Nc1ccc(-c2nccn2Cc2ccccc2C(=O)O)cc1. The van der Waals surface area contributed by atoms with Crippen molar-refractivity contribution in [2.75, 3.05) is 5.32 Å². The maximum atomic E-state index is 11.4. The van der Waals surface area contributed by atoms with Crippen molar-refractivity contribution in [3.05, 3.63) is 72.1 Å². The predicted octanol–water partition coefficient (Wildman–Crippen LogP) is 3.26. The summed E-state index contributed by atoms with van der Waals surface area (Å²) in [5.74, 6) is -0.342. The van der Waals surface area contributed by atoms with Crippen LogP contribution in [0.15, 0.2) is 60.9 Å². The van der Waals surface area contributed by atoms with Crippen LogP contribution in [0, 0.1) is 0 Å². The third kappa shape index (κ3) is 3.74. The number of aromatic carboxylic acids is 1. The summed E-state index contributed by atoms with van der Waals surface area (Å²) >= 11 is 0. The van der Waals surface area contributed by atoms with Crippen LogP contribution in [0.5, 0.6) is 0 Å². The molecule has 0 saturated heterocycles. The van der Waals surface area contributed by atoms with Gasteiger partial charge in [0.15, 0.2) is 0 Å². The Morgan fingerprint density at radius 2 is 1.84 bits per heavy atom. The molecule has 126 valence electrons. The first-order valence-corrected chi connectivity index (χ1v) is 7.75. The van der Waals surface area contributed by atoms with Gasteiger partial charge in [0, 0.05) is 37.1 Å². The van der Waals surface area contributed by atoms with E-state index in [1.165, 1.54) is 6.92 Å². The number of carbonyl (C=O) groups excluding carboxylic acids is 1. The second kappa shape index (κ2) is 7.00. The van der Waals surface area contributed by atoms with Crippen LogP contribution < -0.4 is 5.32 Å². The Morgan fingerprint density at radius 1 is 1.12 bits per heavy atom. The number of imidazole rings is 1. The van der Waals surface area contributed by atoms with Crippen molar-refractivity contribution in [2.24, 2.45) is 0 Å². The zero-order valence-electron chi connectivity index (χ0n) is 13.6. The molecule has 3 rings (SSSR count). The Kier molecular flexibility index (Phi) is 4.61. The van der Waals surface area contributed by atoms with E-state index in [1.54, 1.807) is 36.5 Å². The van der Waals surface area contributed by atoms with Gasteiger partial charge in [0.05, 0.1) is 5.56 Å². The molecule has 0 aliphatic heterocycles. The standard InChI is InChI=1S/C19H17N3O3/c1-13(23)21-16-8-6-14(7-9-16)18-20-10-11-22(18)12-15-4-2-3-5-17(15)19(24)25/h2-11H,12H2,1H3,(H,21,23)(H,24,25). The largest absolute Gasteiger partial charge is 0.478 e. The average molecular weight is 335 g/mol. The summed E-state index contributed by atoms with van der Waals surface area (Å²) in [6.45, 7) is 1.87. The van der Waals surface area contributed by atoms with Crippen LogP contribution in [0.25, 0.3) is 11.4 Å². The van der Waals surface area contributed by atoms with E-state index in [1.807, 2.05) is 29.0 Å². The van der Waals surface area contributed by atoms with Crippen LogP contribution in [-0.2, 0) is 11.3 Å². The lowest BCUT2D eigenvalue weighted by Crippen LogP contribution is -2.08. The van der Waals surface area contributed by atoms with Crippen LogP contribution in [0.3, 0.4) is 0 Å². The molecular formula is C19H17N3O3. The summed E-state index contributed by atoms with van der Waals surface area (Å²) < 4.78 is 1.90. The van der Waals surface area contributed by atoms with Gasteiger partial charge in [-0.15, -0.1) is 0 Å². The normalized spacial score (nSPS) is 10.4. The molecule has 3 aromatic rings. The highest BCUT2D eigenvalue weighted by Crippen LogP contribution is 2.22. The first-order valence-electron chi connectivity index (χ1n) is 7.75. The van der Waals surface area contributed by atoms with E-state index in [0.717, 1.165) is 11.4 Å². The van der Waals surface area contributed by atoms with Crippen LogP contribution in [0.2, 0.25) is 0 Å². The van der Waals surface area contributed by atoms with Crippen LogP contribution in [-0.4, -0.2) is 26.5 Å². The number of carboxylic acid groups (broad SMARTS) is 1. The molecule has 0 radical (unpaired) electrons. The Hall–Kier alpha value is -3.41. The van der Waals surface area contributed by atoms with Gasteiger partial charge in [-0.25, -0.2) is 9.78 Å². The third-order valence-corrected chi connectivity index (χ3v) is 3.77. The molecule has 0 aliphatic carbocycles. The van der Waals surface area contributed by atoms with Gasteiger partial charge in [0.25, 0.3) is 0 Å². The molecule has 0 aliphatic rings. The molecule has 0 atom stereocenters. The zero-order valence-corrected chi connectivity index (χ0v) is 13.6. The minimum atomic E-state index is -0.947. The second-order valence-electron chi connectivity index (χ2n) is 5.60. The lowest BCUT2D eigenvalue weighted by Gasteiger charge is -2.11. The van der Waals surface area contributed by atoms with E-state index in [2.05, 4.69) is 10.3 Å². The van der Waals surface area contributed by atoms with E-state index in [-0.39, 0.29) is 11.5 Å². The van der Waals surface area contributed by atoms with E-state index in [9.17, 15) is 14.7 Å². The van der Waals surface area contributed by atoms with Gasteiger partial charge < -0.3 is 15.0 Å². The lowest BCUT2D eigenvalue weighted by atomic mass is 10.1. The molecule has 2 N–H and O–H groups in total. The first-order chi connectivity index (χ1) is 12.0. The summed E-state index contributed by atoms with van der Waals surface area (Å²) in [7, 11) is 0. The molecule has 2 aromatic carbocycles. The fourth-order valence-corrected chi connectivity index (χ4v) is 2.65. The van der Waals surface area contributed by atoms with E-state index in [4.69, 9.17) is 0 Å². The summed E-state index contributed by atoms with van der Waals surface area (Å²) in [6.07, 6.45) is 3.50. The molecule has 0 saturated carbocycles. The molecule has 1 amide bonds. The van der Waals surface area contributed by atoms with Crippen LogP contribution in [0.1, 0.15) is 22.8 Å². The number of hydrogen-bond acceptors (Lipinski definition) is 3. The van der Waals surface area contributed by atoms with Gasteiger partial charge >= 0.3 is 5.97 Å². The van der Waals surface area contributed by atoms with Crippen molar-refractivity contribution in [1.82, 2.24) is 9.55 Å². The van der Waals surface area contributed by atoms with Crippen molar-refractivity contribution in [3.63, 3.8) is 0 Å². The van der Waals surface area contributed by atoms with Crippen LogP contribution in [0.4, 0.5) is 5.69 Å². The monoisotopic (exact) mass is 335 g/mol. The maximum absolute atomic E-state index is 11.4. The summed E-state index contributed by atoms with van der Waals surface area (Å²) in [6, 6.07) is 14.3. The number of anilines is 1. The first kappa shape index (κ1) is 16.4. The molecule has 6 nitrogen and oxygen atoms in total. The summed E-state index contributed by atoms with van der Waals surface area (Å²) in [4.78, 5) is 26.8. The molecule has 1 aromatic heterocycles. The zero-order chi connectivity index (χ0) is 17.8. The lowest BCUT2D eigenvalue weighted by molar-refractivity contribution is -0.114. The van der Waals surface area contributed by atoms with Gasteiger partial charge in [-0.2, -0.15) is 0 Å². The van der Waals surface area contributed by atoms with Crippen molar-refractivity contribution < 1.29 is 14.7 Å². The van der Waals surface area contributed by atoms with E-state index in [0.29, 0.717) is 17.8 Å². The maximum Gasteiger partial charge on any atom is 0.336 e. The highest BCUT2D eigenvalue weighted by Gasteiger charge is 2.12. The smallest absolute Gasteiger partial charge is 0.336 e. The molecule has 6 heteroatoms. The Bertz CT molecular complexity index is 914. The minimum absolute atomic E-state index is 0.125. The van der Waals surface area contributed by atoms with Crippen molar-refractivity contribution >= 4 is 17.6 Å². The summed E-state index contributed by atoms with van der Waals surface area (Å²) in [5.41, 5.74) is 2.59. The number of nitrogens with one attached hydrogen (secondary N) is 1. The molecular weight excluding hydrogens is 318 g/mol. The number of benzene rings is 2. The molecule has 25 heavy (non-hydrogen) atoms. The number of hydrogen-bond donors (Lipinski definition) is 2. The number of aromatic nitrogens is 2. The van der Waals surface area contributed by atoms with E-state index >= 15 is 0 Å². The fourth-order valence-electron chi connectivity index (χ4n) is 2.65. The molecule has 0 fully saturated rings. The minimum Gasteiger partial charge on any atom is -0.478 e. The quantitative estimate of drug-likeness (QED) is 0.749. The van der Waals surface area contributed by atoms with Gasteiger partial charge in [0.1, 0.15) is 5.82 Å². The molecule has 0 spiro atoms. The van der Waals surface area contributed by atoms with Crippen molar-refractivity contribution in [2.45, 2.75) is 13.5 Å². The van der Waals surface area contributed by atoms with Crippen molar-refractivity contribution in [1.29, 1.82) is 0 Å². The highest BCUT2D eigenvalue weighted by molar-refractivity contribution is 5.89. The fraction of sp³-hybridized carbons (Fsp3) is 0.105. The summed E-state index contributed by atoms with van der Waals surface area (Å²) in [5, 5.41) is 12.0. The molecule has 0 bridgehead atoms. The highest BCUT2D eigenvalue weighted by atomic mass is 16.4. The van der Waals surface area contributed by atoms with E-state index < -0.39 is 5.97 Å². The van der Waals surface area contributed by atoms with Gasteiger partial charge in [-0.3, -0.25) is 4.79 Å². The van der Waals surface area contributed by atoms with Gasteiger partial charge in [-0.1, -0.05) is 18.2 Å². The predicted molar refractivity (Wildman–Crippen MR) is 94.5 cm³/mol. The number of nitrogens with zero attached hydrogens (tertiary/aromatic N) is 2. The number of carboxylic acids is 1. The third-order valence-electron chi connectivity index (χ3n) is 3.77. The number of carbonyl (C=O) groups is 2. The number of amides is 1. The Balaban J connectivity index is 1.89. The Morgan fingerprint density at radius 3 is 2.52 bits per heavy atom. The van der Waals surface area contributed by atoms with Gasteiger partial charge in [-0.05, 0) is 35.9 Å². The average Bonchev–Trinajstić information content (AvgIpc) is 3.03. The second-order valence-corrected chi connectivity index (χ2v) is 5.60. The topological polar surface area (TPSA) is 84.2 Å². The molecule has 0 unspecified atom stereocenters. The molecule has 1 heterocycles. The number of rotatable bonds is 5. The van der Waals surface area contributed by atoms with Gasteiger partial charge in [0.2, 0.25) is 5.91 Å². The van der Waals surface area contributed by atoms with Crippen molar-refractivity contribution in [3.8, 4) is 11.4 Å².